The largest absolute Gasteiger partial charge is 0.460 e. The molecule has 0 spiro atoms. The van der Waals surface area contributed by atoms with Crippen LogP contribution in [0.3, 0.4) is 0 Å². The van der Waals surface area contributed by atoms with Gasteiger partial charge in [0, 0.05) is 29.3 Å². The van der Waals surface area contributed by atoms with Gasteiger partial charge in [-0.15, -0.1) is 0 Å². The van der Waals surface area contributed by atoms with Crippen molar-refractivity contribution in [3.63, 3.8) is 0 Å². The molecule has 7 heteroatoms. The number of halogens is 3. The molecule has 0 radical (unpaired) electrons. The minimum absolute atomic E-state index is 0.0377. The molecule has 0 aromatic heterocycles. The molecule has 2 fully saturated rings. The molecule has 2 aliphatic rings. The Kier molecular flexibility index (Phi) is 5.32. The molecule has 1 saturated carbocycles. The highest BCUT2D eigenvalue weighted by Crippen LogP contribution is 2.49. The first-order valence-electron chi connectivity index (χ1n) is 8.60. The Morgan fingerprint density at radius 3 is 2.56 bits per heavy atom. The van der Waals surface area contributed by atoms with E-state index in [1.807, 2.05) is 0 Å². The Bertz CT molecular complexity index is 637. The van der Waals surface area contributed by atoms with E-state index < -0.39 is 29.8 Å². The molecule has 3 rings (SSSR count). The van der Waals surface area contributed by atoms with Crippen LogP contribution < -0.4 is 5.32 Å². The first kappa shape index (κ1) is 18.5. The molecule has 0 unspecified atom stereocenters. The van der Waals surface area contributed by atoms with Gasteiger partial charge < -0.3 is 15.2 Å². The average Bonchev–Trinajstić information content (AvgIpc) is 2.96. The zero-order valence-electron chi connectivity index (χ0n) is 13.8. The smallest absolute Gasteiger partial charge is 0.343 e. The molecule has 2 atom stereocenters. The number of alkyl halides is 2. The minimum Gasteiger partial charge on any atom is -0.460 e. The maximum Gasteiger partial charge on any atom is 0.343 e. The number of hydrogen-bond donors (Lipinski definition) is 2. The van der Waals surface area contributed by atoms with Gasteiger partial charge in [-0.2, -0.15) is 0 Å². The van der Waals surface area contributed by atoms with Crippen molar-refractivity contribution in [2.45, 2.75) is 49.7 Å². The van der Waals surface area contributed by atoms with Crippen molar-refractivity contribution in [3.8, 4) is 0 Å². The molecule has 1 heterocycles. The number of aliphatic hydroxyl groups is 1. The molecule has 1 aromatic carbocycles. The van der Waals surface area contributed by atoms with Gasteiger partial charge in [-0.05, 0) is 38.4 Å². The van der Waals surface area contributed by atoms with Crippen LogP contribution in [-0.2, 0) is 15.1 Å². The van der Waals surface area contributed by atoms with E-state index in [9.17, 15) is 18.7 Å². The lowest BCUT2D eigenvalue weighted by molar-refractivity contribution is -0.181. The van der Waals surface area contributed by atoms with E-state index >= 15 is 0 Å². The second-order valence-corrected chi connectivity index (χ2v) is 7.30. The predicted molar refractivity (Wildman–Crippen MR) is 89.6 cm³/mol. The third kappa shape index (κ3) is 3.81. The summed E-state index contributed by atoms with van der Waals surface area (Å²) in [5.41, 5.74) is -2.03. The normalized spacial score (nSPS) is 26.2. The molecule has 1 aromatic rings. The second kappa shape index (κ2) is 7.17. The zero-order chi connectivity index (χ0) is 18.1. The minimum atomic E-state index is -2.89. The molecule has 25 heavy (non-hydrogen) atoms. The third-order valence-electron chi connectivity index (χ3n) is 5.15. The molecule has 138 valence electrons. The molecule has 4 nitrogen and oxygen atoms in total. The van der Waals surface area contributed by atoms with Crippen LogP contribution in [0.2, 0.25) is 5.02 Å². The highest BCUT2D eigenvalue weighted by molar-refractivity contribution is 6.31. The van der Waals surface area contributed by atoms with Crippen LogP contribution in [0.1, 0.15) is 37.7 Å². The average molecular weight is 374 g/mol. The number of nitrogens with one attached hydrogen (secondary N) is 1. The van der Waals surface area contributed by atoms with Crippen LogP contribution in [0.4, 0.5) is 8.78 Å². The van der Waals surface area contributed by atoms with Gasteiger partial charge in [0.2, 0.25) is 5.92 Å². The van der Waals surface area contributed by atoms with Gasteiger partial charge in [0.05, 0.1) is 0 Å². The maximum absolute atomic E-state index is 13.8. The van der Waals surface area contributed by atoms with Crippen molar-refractivity contribution < 1.29 is 23.4 Å². The first-order valence-corrected chi connectivity index (χ1v) is 8.98. The lowest BCUT2D eigenvalue weighted by atomic mass is 9.80. The number of carbonyl (C=O) groups is 1. The Labute approximate surface area is 150 Å². The predicted octanol–water partition coefficient (Wildman–Crippen LogP) is 3.26. The number of benzene rings is 1. The summed E-state index contributed by atoms with van der Waals surface area (Å²) in [5, 5.41) is 14.6. The Hall–Kier alpha value is -1.24. The van der Waals surface area contributed by atoms with E-state index in [0.717, 1.165) is 0 Å². The number of piperidine rings is 1. The van der Waals surface area contributed by atoms with E-state index in [1.165, 1.54) is 12.1 Å². The van der Waals surface area contributed by atoms with Crippen LogP contribution in [0.15, 0.2) is 24.3 Å². The van der Waals surface area contributed by atoms with E-state index in [1.54, 1.807) is 12.1 Å². The van der Waals surface area contributed by atoms with Crippen molar-refractivity contribution in [1.29, 1.82) is 0 Å². The fourth-order valence-corrected chi connectivity index (χ4v) is 4.01. The Morgan fingerprint density at radius 2 is 1.96 bits per heavy atom. The molecule has 2 N–H and O–H groups in total. The Morgan fingerprint density at radius 1 is 1.28 bits per heavy atom. The van der Waals surface area contributed by atoms with Crippen LogP contribution >= 0.6 is 11.6 Å². The molecule has 1 aliphatic carbocycles. The summed E-state index contributed by atoms with van der Waals surface area (Å²) in [6.45, 7) is 1.42. The van der Waals surface area contributed by atoms with E-state index in [2.05, 4.69) is 5.32 Å². The number of ether oxygens (including phenoxy) is 1. The standard InChI is InChI=1S/C18H22ClF2NO3/c19-15-4-2-1-3-14(15)18(24,12-5-8-17(20,21)11-12)16(23)25-13-6-9-22-10-7-13/h1-4,12-13,22,24H,5-11H2/t12-,18-/m1/s1. The summed E-state index contributed by atoms with van der Waals surface area (Å²) in [4.78, 5) is 12.9. The number of carbonyl (C=O) groups excluding carboxylic acids is 1. The maximum atomic E-state index is 13.8. The number of esters is 1. The van der Waals surface area contributed by atoms with Gasteiger partial charge in [0.15, 0.2) is 5.60 Å². The van der Waals surface area contributed by atoms with Crippen molar-refractivity contribution in [2.75, 3.05) is 13.1 Å². The van der Waals surface area contributed by atoms with Crippen LogP contribution in [-0.4, -0.2) is 36.2 Å². The number of rotatable bonds is 4. The van der Waals surface area contributed by atoms with Crippen molar-refractivity contribution >= 4 is 17.6 Å². The highest BCUT2D eigenvalue weighted by Gasteiger charge is 2.55. The zero-order valence-corrected chi connectivity index (χ0v) is 14.6. The van der Waals surface area contributed by atoms with Gasteiger partial charge in [-0.25, -0.2) is 13.6 Å². The van der Waals surface area contributed by atoms with Gasteiger partial charge in [-0.3, -0.25) is 0 Å². The van der Waals surface area contributed by atoms with E-state index in [-0.39, 0.29) is 29.5 Å². The molecular formula is C18H22ClF2NO3. The van der Waals surface area contributed by atoms with E-state index in [4.69, 9.17) is 16.3 Å². The summed E-state index contributed by atoms with van der Waals surface area (Å²) < 4.78 is 33.0. The summed E-state index contributed by atoms with van der Waals surface area (Å²) >= 11 is 6.18. The first-order chi connectivity index (χ1) is 11.8. The van der Waals surface area contributed by atoms with Crippen molar-refractivity contribution in [2.24, 2.45) is 5.92 Å². The highest BCUT2D eigenvalue weighted by atomic mass is 35.5. The van der Waals surface area contributed by atoms with Crippen LogP contribution in [0, 0.1) is 5.92 Å². The van der Waals surface area contributed by atoms with Crippen LogP contribution in [0.5, 0.6) is 0 Å². The van der Waals surface area contributed by atoms with Gasteiger partial charge in [0.1, 0.15) is 6.10 Å². The van der Waals surface area contributed by atoms with E-state index in [0.29, 0.717) is 25.9 Å². The molecule has 1 saturated heterocycles. The van der Waals surface area contributed by atoms with Gasteiger partial charge in [0.25, 0.3) is 0 Å². The van der Waals surface area contributed by atoms with Gasteiger partial charge in [-0.1, -0.05) is 29.8 Å². The lowest BCUT2D eigenvalue weighted by Crippen LogP contribution is -2.46. The van der Waals surface area contributed by atoms with Crippen molar-refractivity contribution in [1.82, 2.24) is 5.32 Å². The molecule has 0 amide bonds. The summed E-state index contributed by atoms with van der Waals surface area (Å²) in [6, 6.07) is 6.32. The molecule has 1 aliphatic heterocycles. The van der Waals surface area contributed by atoms with Crippen LogP contribution in [0.25, 0.3) is 0 Å². The summed E-state index contributed by atoms with van der Waals surface area (Å²) in [6.07, 6.45) is 0.0534. The van der Waals surface area contributed by atoms with Crippen molar-refractivity contribution in [3.05, 3.63) is 34.9 Å². The molecule has 0 bridgehead atoms. The number of hydrogen-bond acceptors (Lipinski definition) is 4. The Balaban J connectivity index is 1.91. The topological polar surface area (TPSA) is 58.6 Å². The van der Waals surface area contributed by atoms with Gasteiger partial charge >= 0.3 is 5.97 Å². The lowest BCUT2D eigenvalue weighted by Gasteiger charge is -2.35. The second-order valence-electron chi connectivity index (χ2n) is 6.90. The SMILES string of the molecule is O=C(OC1CCNCC1)[C@](O)(c1ccccc1Cl)[C@@H]1CCC(F)(F)C1. The third-order valence-corrected chi connectivity index (χ3v) is 5.48. The molecular weight excluding hydrogens is 352 g/mol. The summed E-state index contributed by atoms with van der Waals surface area (Å²) in [5.74, 6) is -4.71. The quantitative estimate of drug-likeness (QED) is 0.795. The summed E-state index contributed by atoms with van der Waals surface area (Å²) in [7, 11) is 0. The fourth-order valence-electron chi connectivity index (χ4n) is 3.73. The monoisotopic (exact) mass is 373 g/mol. The fraction of sp³-hybridized carbons (Fsp3) is 0.611.